The Labute approximate surface area is 127 Å². The Hall–Kier alpha value is -1.31. The van der Waals surface area contributed by atoms with Crippen LogP contribution in [0.2, 0.25) is 5.02 Å². The molecule has 1 aromatic heterocycles. The molecule has 0 saturated carbocycles. The fourth-order valence-electron chi connectivity index (χ4n) is 1.36. The van der Waals surface area contributed by atoms with Gasteiger partial charge in [0.15, 0.2) is 9.90 Å². The quantitative estimate of drug-likeness (QED) is 0.806. The minimum atomic E-state index is -1.54. The number of hydrogen-bond acceptors (Lipinski definition) is 6. The van der Waals surface area contributed by atoms with Gasteiger partial charge >= 0.3 is 5.97 Å². The average Bonchev–Trinajstić information content (AvgIpc) is 2.87. The maximum absolute atomic E-state index is 12.4. The van der Waals surface area contributed by atoms with Crippen molar-refractivity contribution in [2.45, 2.75) is 29.1 Å². The summed E-state index contributed by atoms with van der Waals surface area (Å²) in [5, 5.41) is 4.26. The summed E-state index contributed by atoms with van der Waals surface area (Å²) in [6.07, 6.45) is -0.277. The van der Waals surface area contributed by atoms with Gasteiger partial charge in [0.1, 0.15) is 0 Å². The molecule has 8 heteroatoms. The molecular formula is C12H11ClN2O3S2. The molecule has 1 atom stereocenters. The van der Waals surface area contributed by atoms with Crippen molar-refractivity contribution in [1.29, 1.82) is 0 Å². The Morgan fingerprint density at radius 2 is 2.00 bits per heavy atom. The average molecular weight is 331 g/mol. The van der Waals surface area contributed by atoms with Crippen molar-refractivity contribution in [1.82, 2.24) is 9.59 Å². The van der Waals surface area contributed by atoms with Gasteiger partial charge in [-0.15, -0.1) is 5.10 Å². The molecule has 1 unspecified atom stereocenters. The molecule has 0 radical (unpaired) electrons. The van der Waals surface area contributed by atoms with Crippen LogP contribution in [-0.4, -0.2) is 25.9 Å². The number of aromatic nitrogens is 2. The third-order valence-corrected chi connectivity index (χ3v) is 4.87. The molecule has 2 rings (SSSR count). The van der Waals surface area contributed by atoms with E-state index in [0.717, 1.165) is 11.5 Å². The third kappa shape index (κ3) is 3.41. The summed E-state index contributed by atoms with van der Waals surface area (Å²) >= 11 is 6.70. The van der Waals surface area contributed by atoms with Crippen LogP contribution >= 0.6 is 23.1 Å². The van der Waals surface area contributed by atoms with E-state index >= 15 is 0 Å². The van der Waals surface area contributed by atoms with Crippen molar-refractivity contribution in [2.75, 3.05) is 0 Å². The van der Waals surface area contributed by atoms with Crippen LogP contribution in [0.1, 0.15) is 24.3 Å². The molecule has 1 aromatic carbocycles. The van der Waals surface area contributed by atoms with Crippen molar-refractivity contribution in [3.8, 4) is 0 Å². The second kappa shape index (κ2) is 6.43. The van der Waals surface area contributed by atoms with Crippen LogP contribution in [0.3, 0.4) is 0 Å². The molecular weight excluding hydrogens is 320 g/mol. The number of carbonyl (C=O) groups is 1. The molecule has 0 bridgehead atoms. The zero-order valence-electron chi connectivity index (χ0n) is 10.7. The van der Waals surface area contributed by atoms with Gasteiger partial charge in [-0.25, -0.2) is 9.00 Å². The molecule has 5 nitrogen and oxygen atoms in total. The van der Waals surface area contributed by atoms with Crippen molar-refractivity contribution in [3.63, 3.8) is 0 Å². The van der Waals surface area contributed by atoms with Gasteiger partial charge in [-0.2, -0.15) is 0 Å². The lowest BCUT2D eigenvalue weighted by atomic mass is 10.4. The number of nitrogens with zero attached hydrogens (tertiary/aromatic N) is 2. The van der Waals surface area contributed by atoms with Gasteiger partial charge in [0, 0.05) is 9.92 Å². The predicted molar refractivity (Wildman–Crippen MR) is 76.6 cm³/mol. The van der Waals surface area contributed by atoms with Crippen LogP contribution in [0.4, 0.5) is 0 Å². The first-order valence-electron chi connectivity index (χ1n) is 5.69. The van der Waals surface area contributed by atoms with Crippen LogP contribution in [-0.2, 0) is 15.5 Å². The molecule has 0 aliphatic rings. The summed E-state index contributed by atoms with van der Waals surface area (Å²) in [6, 6.07) is 6.54. The molecule has 0 N–H and O–H groups in total. The highest BCUT2D eigenvalue weighted by Crippen LogP contribution is 2.24. The van der Waals surface area contributed by atoms with Crippen molar-refractivity contribution < 1.29 is 13.7 Å². The smallest absolute Gasteiger partial charge is 0.361 e. The number of rotatable bonds is 4. The van der Waals surface area contributed by atoms with Gasteiger partial charge in [-0.05, 0) is 49.6 Å². The summed E-state index contributed by atoms with van der Waals surface area (Å²) in [5.41, 5.74) is -0.00279. The van der Waals surface area contributed by atoms with E-state index in [2.05, 4.69) is 9.59 Å². The number of hydrogen-bond donors (Lipinski definition) is 0. The van der Waals surface area contributed by atoms with Crippen molar-refractivity contribution in [3.05, 3.63) is 35.0 Å². The van der Waals surface area contributed by atoms with E-state index < -0.39 is 16.8 Å². The highest BCUT2D eigenvalue weighted by Gasteiger charge is 2.24. The number of ether oxygens (including phenoxy) is 1. The van der Waals surface area contributed by atoms with E-state index in [4.69, 9.17) is 16.3 Å². The highest BCUT2D eigenvalue weighted by molar-refractivity contribution is 7.87. The molecule has 0 fully saturated rings. The first kappa shape index (κ1) is 15.1. The summed E-state index contributed by atoms with van der Waals surface area (Å²) in [6.45, 7) is 3.46. The zero-order chi connectivity index (χ0) is 14.7. The maximum Gasteiger partial charge on any atom is 0.361 e. The fraction of sp³-hybridized carbons (Fsp3) is 0.250. The minimum Gasteiger partial charge on any atom is -0.458 e. The number of carbonyl (C=O) groups excluding carboxylic acids is 1. The first-order valence-corrected chi connectivity index (χ1v) is 8.00. The number of benzene rings is 1. The lowest BCUT2D eigenvalue weighted by Gasteiger charge is -2.06. The molecule has 2 aromatic rings. The molecule has 0 spiro atoms. The second-order valence-electron chi connectivity index (χ2n) is 4.09. The monoisotopic (exact) mass is 330 g/mol. The van der Waals surface area contributed by atoms with Crippen LogP contribution in [0.15, 0.2) is 33.4 Å². The normalized spacial score (nSPS) is 12.4. The Morgan fingerprint density at radius 1 is 1.35 bits per heavy atom. The van der Waals surface area contributed by atoms with Gasteiger partial charge < -0.3 is 4.74 Å². The number of esters is 1. The van der Waals surface area contributed by atoms with E-state index in [0.29, 0.717) is 9.92 Å². The van der Waals surface area contributed by atoms with Crippen LogP contribution in [0, 0.1) is 0 Å². The topological polar surface area (TPSA) is 69.2 Å². The maximum atomic E-state index is 12.4. The van der Waals surface area contributed by atoms with E-state index in [1.807, 2.05) is 0 Å². The minimum absolute atomic E-state index is 0.00279. The summed E-state index contributed by atoms with van der Waals surface area (Å²) in [5.74, 6) is -0.619. The lowest BCUT2D eigenvalue weighted by Crippen LogP contribution is -2.14. The fourth-order valence-corrected chi connectivity index (χ4v) is 3.45. The molecule has 1 heterocycles. The summed E-state index contributed by atoms with van der Waals surface area (Å²) in [7, 11) is -1.54. The van der Waals surface area contributed by atoms with Crippen LogP contribution in [0.25, 0.3) is 0 Å². The first-order chi connectivity index (χ1) is 9.49. The molecule has 0 aliphatic carbocycles. The SMILES string of the molecule is CC(C)OC(=O)c1nnsc1S(=O)c1ccc(Cl)cc1. The second-order valence-corrected chi connectivity index (χ2v) is 6.95. The standard InChI is InChI=1S/C12H11ClN2O3S2/c1-7(2)18-11(16)10-12(19-15-14-10)20(17)9-5-3-8(13)4-6-9/h3-7H,1-2H3. The van der Waals surface area contributed by atoms with Crippen LogP contribution in [0.5, 0.6) is 0 Å². The van der Waals surface area contributed by atoms with E-state index in [1.165, 1.54) is 0 Å². The van der Waals surface area contributed by atoms with Gasteiger partial charge in [-0.3, -0.25) is 0 Å². The zero-order valence-corrected chi connectivity index (χ0v) is 13.1. The van der Waals surface area contributed by atoms with Gasteiger partial charge in [0.2, 0.25) is 0 Å². The Morgan fingerprint density at radius 3 is 2.60 bits per heavy atom. The Kier molecular flexibility index (Phi) is 4.85. The highest BCUT2D eigenvalue weighted by atomic mass is 35.5. The van der Waals surface area contributed by atoms with Crippen molar-refractivity contribution in [2.24, 2.45) is 0 Å². The molecule has 0 saturated heterocycles. The van der Waals surface area contributed by atoms with E-state index in [9.17, 15) is 9.00 Å². The molecule has 20 heavy (non-hydrogen) atoms. The molecule has 0 aliphatic heterocycles. The molecule has 106 valence electrons. The van der Waals surface area contributed by atoms with Crippen LogP contribution < -0.4 is 0 Å². The predicted octanol–water partition coefficient (Wildman–Crippen LogP) is 2.92. The van der Waals surface area contributed by atoms with E-state index in [-0.39, 0.29) is 16.0 Å². The van der Waals surface area contributed by atoms with Crippen molar-refractivity contribution >= 4 is 39.9 Å². The van der Waals surface area contributed by atoms with Gasteiger partial charge in [0.05, 0.1) is 16.9 Å². The van der Waals surface area contributed by atoms with E-state index in [1.54, 1.807) is 38.1 Å². The third-order valence-electron chi connectivity index (χ3n) is 2.19. The Bertz CT molecular complexity index is 640. The Balaban J connectivity index is 2.30. The lowest BCUT2D eigenvalue weighted by molar-refractivity contribution is 0.0366. The van der Waals surface area contributed by atoms with Gasteiger partial charge in [0.25, 0.3) is 0 Å². The summed E-state index contributed by atoms with van der Waals surface area (Å²) in [4.78, 5) is 12.4. The molecule has 0 amide bonds. The van der Waals surface area contributed by atoms with Gasteiger partial charge in [-0.1, -0.05) is 16.1 Å². The largest absolute Gasteiger partial charge is 0.458 e. The summed E-state index contributed by atoms with van der Waals surface area (Å²) < 4.78 is 21.4. The number of halogens is 1.